The van der Waals surface area contributed by atoms with Crippen LogP contribution in [0.3, 0.4) is 0 Å². The van der Waals surface area contributed by atoms with Gasteiger partial charge in [-0.3, -0.25) is 0 Å². The van der Waals surface area contributed by atoms with Crippen molar-refractivity contribution in [2.45, 2.75) is 17.3 Å². The highest BCUT2D eigenvalue weighted by molar-refractivity contribution is 8.00. The first-order valence-electron chi connectivity index (χ1n) is 8.35. The molecule has 0 aliphatic heterocycles. The van der Waals surface area contributed by atoms with Crippen molar-refractivity contribution >= 4 is 49.9 Å². The molecule has 0 spiro atoms. The van der Waals surface area contributed by atoms with Crippen LogP contribution < -0.4 is 0 Å². The molecule has 0 saturated carbocycles. The largest absolute Gasteiger partial charge is 0.510 e. The van der Waals surface area contributed by atoms with Crippen molar-refractivity contribution in [3.05, 3.63) is 59.3 Å². The monoisotopic (exact) mass is 392 g/mol. The van der Waals surface area contributed by atoms with Crippen molar-refractivity contribution < 1.29 is 5.11 Å². The van der Waals surface area contributed by atoms with Gasteiger partial charge in [0.25, 0.3) is 0 Å². The molecule has 0 saturated heterocycles. The summed E-state index contributed by atoms with van der Waals surface area (Å²) in [6.07, 6.45) is 0. The highest BCUT2D eigenvalue weighted by Crippen LogP contribution is 2.34. The number of thioether (sulfide) groups is 1. The summed E-state index contributed by atoms with van der Waals surface area (Å²) in [6.45, 7) is 1.87. The first-order chi connectivity index (χ1) is 13.1. The van der Waals surface area contributed by atoms with Crippen molar-refractivity contribution in [1.29, 1.82) is 5.26 Å². The van der Waals surface area contributed by atoms with Crippen molar-refractivity contribution in [1.82, 2.24) is 14.5 Å². The van der Waals surface area contributed by atoms with Crippen molar-refractivity contribution in [2.75, 3.05) is 0 Å². The predicted octanol–water partition coefficient (Wildman–Crippen LogP) is 5.16. The summed E-state index contributed by atoms with van der Waals surface area (Å²) < 4.78 is 2.98. The predicted molar refractivity (Wildman–Crippen MR) is 111 cm³/mol. The van der Waals surface area contributed by atoms with Crippen LogP contribution in [0.4, 0.5) is 0 Å². The average Bonchev–Trinajstić information content (AvgIpc) is 3.24. The zero-order chi connectivity index (χ0) is 19.0. The number of nitrogens with zero attached hydrogens (tertiary/aromatic N) is 4. The van der Waals surface area contributed by atoms with E-state index in [0.29, 0.717) is 5.01 Å². The summed E-state index contributed by atoms with van der Waals surface area (Å²) in [5.74, 6) is 0.0219. The Morgan fingerprint density at radius 1 is 1.15 bits per heavy atom. The number of aromatic nitrogens is 3. The Labute approximate surface area is 164 Å². The molecule has 1 N–H and O–H groups in total. The second-order valence-corrected chi connectivity index (χ2v) is 8.40. The molecule has 0 fully saturated rings. The maximum atomic E-state index is 10.7. The Morgan fingerprint density at radius 3 is 2.56 bits per heavy atom. The van der Waals surface area contributed by atoms with Crippen molar-refractivity contribution in [3.63, 3.8) is 0 Å². The second-order valence-electron chi connectivity index (χ2n) is 6.06. The van der Waals surface area contributed by atoms with Crippen LogP contribution in [0.5, 0.6) is 0 Å². The third kappa shape index (κ3) is 3.18. The molecule has 4 rings (SSSR count). The van der Waals surface area contributed by atoms with E-state index in [-0.39, 0.29) is 16.6 Å². The fraction of sp³-hybridized carbons (Fsp3) is 0.150. The topological polar surface area (TPSA) is 74.7 Å². The van der Waals surface area contributed by atoms with E-state index in [1.165, 1.54) is 23.1 Å². The Bertz CT molecular complexity index is 1180. The van der Waals surface area contributed by atoms with Crippen LogP contribution >= 0.6 is 23.1 Å². The summed E-state index contributed by atoms with van der Waals surface area (Å²) in [5.41, 5.74) is 2.98. The summed E-state index contributed by atoms with van der Waals surface area (Å²) in [6, 6.07) is 17.7. The Hall–Kier alpha value is -2.82. The van der Waals surface area contributed by atoms with E-state index in [1.807, 2.05) is 67.1 Å². The zero-order valence-electron chi connectivity index (χ0n) is 14.7. The molecular weight excluding hydrogens is 376 g/mol. The van der Waals surface area contributed by atoms with Gasteiger partial charge in [0.2, 0.25) is 0 Å². The number of aliphatic hydroxyl groups excluding tert-OH is 1. The van der Waals surface area contributed by atoms with Gasteiger partial charge in [0.05, 0.1) is 26.5 Å². The summed E-state index contributed by atoms with van der Waals surface area (Å²) in [4.78, 5) is 9.12. The van der Waals surface area contributed by atoms with Crippen LogP contribution in [0.15, 0.2) is 59.4 Å². The van der Waals surface area contributed by atoms with Gasteiger partial charge in [0.15, 0.2) is 5.16 Å². The minimum atomic E-state index is -0.331. The zero-order valence-corrected chi connectivity index (χ0v) is 16.4. The second kappa shape index (κ2) is 7.06. The molecule has 1 atom stereocenters. The molecule has 0 aliphatic carbocycles. The molecule has 7 heteroatoms. The first kappa shape index (κ1) is 17.6. The standard InChI is InChI=1S/C20H16N4OS2/c1-12(26-20-23-14-7-3-5-9-16(14)24(20)2)18(25)13(11-21)19-22-15-8-4-6-10-17(15)27-19/h3-10,12,25H,1-2H3/b18-13-. The van der Waals surface area contributed by atoms with Crippen molar-refractivity contribution in [2.24, 2.45) is 7.05 Å². The number of aryl methyl sites for hydroxylation is 1. The summed E-state index contributed by atoms with van der Waals surface area (Å²) >= 11 is 2.83. The molecule has 4 aromatic rings. The number of hydrogen-bond donors (Lipinski definition) is 1. The number of aliphatic hydroxyl groups is 1. The molecule has 0 radical (unpaired) electrons. The van der Waals surface area contributed by atoms with Crippen molar-refractivity contribution in [3.8, 4) is 6.07 Å². The molecule has 2 aromatic heterocycles. The normalized spacial score (nSPS) is 13.5. The molecular formula is C20H16N4OS2. The number of benzene rings is 2. The third-order valence-corrected chi connectivity index (χ3v) is 6.50. The van der Waals surface area contributed by atoms with Gasteiger partial charge in [-0.1, -0.05) is 36.0 Å². The van der Waals surface area contributed by atoms with E-state index >= 15 is 0 Å². The fourth-order valence-corrected chi connectivity index (χ4v) is 4.76. The van der Waals surface area contributed by atoms with Gasteiger partial charge in [-0.15, -0.1) is 11.3 Å². The quantitative estimate of drug-likeness (QED) is 0.295. The fourth-order valence-electron chi connectivity index (χ4n) is 2.84. The lowest BCUT2D eigenvalue weighted by Gasteiger charge is -2.11. The molecule has 0 amide bonds. The van der Waals surface area contributed by atoms with Crippen LogP contribution in [0.25, 0.3) is 26.8 Å². The number of imidazole rings is 1. The lowest BCUT2D eigenvalue weighted by atomic mass is 10.2. The van der Waals surface area contributed by atoms with E-state index in [1.54, 1.807) is 0 Å². The Morgan fingerprint density at radius 2 is 1.85 bits per heavy atom. The highest BCUT2D eigenvalue weighted by Gasteiger charge is 2.21. The maximum Gasteiger partial charge on any atom is 0.169 e. The minimum Gasteiger partial charge on any atom is -0.510 e. The molecule has 0 bridgehead atoms. The molecule has 134 valence electrons. The third-order valence-electron chi connectivity index (χ3n) is 4.29. The SMILES string of the molecule is CC(Sc1nc2ccccc2n1C)/C(O)=C(\C#N)c1nc2ccccc2s1. The van der Waals surface area contributed by atoms with E-state index < -0.39 is 0 Å². The van der Waals surface area contributed by atoms with Gasteiger partial charge in [-0.25, -0.2) is 9.97 Å². The summed E-state index contributed by atoms with van der Waals surface area (Å²) in [7, 11) is 1.95. The smallest absolute Gasteiger partial charge is 0.169 e. The Kier molecular flexibility index (Phi) is 4.60. The van der Waals surface area contributed by atoms with Crippen LogP contribution in [0, 0.1) is 11.3 Å². The minimum absolute atomic E-state index is 0.0219. The molecule has 27 heavy (non-hydrogen) atoms. The van der Waals surface area contributed by atoms with Crippen LogP contribution in [-0.2, 0) is 7.05 Å². The van der Waals surface area contributed by atoms with Crippen LogP contribution in [0.1, 0.15) is 11.9 Å². The van der Waals surface area contributed by atoms with E-state index in [9.17, 15) is 10.4 Å². The highest BCUT2D eigenvalue weighted by atomic mass is 32.2. The molecule has 5 nitrogen and oxygen atoms in total. The lowest BCUT2D eigenvalue weighted by Crippen LogP contribution is -2.05. The lowest BCUT2D eigenvalue weighted by molar-refractivity contribution is 0.402. The van der Waals surface area contributed by atoms with E-state index in [4.69, 9.17) is 0 Å². The van der Waals surface area contributed by atoms with Gasteiger partial charge >= 0.3 is 0 Å². The number of fused-ring (bicyclic) bond motifs is 2. The first-order valence-corrected chi connectivity index (χ1v) is 10.1. The van der Waals surface area contributed by atoms with Gasteiger partial charge in [-0.2, -0.15) is 5.26 Å². The number of rotatable bonds is 4. The van der Waals surface area contributed by atoms with Gasteiger partial charge in [0.1, 0.15) is 22.4 Å². The number of thiazole rings is 1. The molecule has 0 aliphatic rings. The number of para-hydroxylation sites is 3. The van der Waals surface area contributed by atoms with Gasteiger partial charge in [0, 0.05) is 7.05 Å². The molecule has 2 aromatic carbocycles. The maximum absolute atomic E-state index is 10.7. The van der Waals surface area contributed by atoms with E-state index in [2.05, 4.69) is 16.0 Å². The van der Waals surface area contributed by atoms with Gasteiger partial charge in [-0.05, 0) is 31.2 Å². The summed E-state index contributed by atoms with van der Waals surface area (Å²) in [5, 5.41) is 21.4. The Balaban J connectivity index is 1.69. The molecule has 2 heterocycles. The number of allylic oxidation sites excluding steroid dienone is 1. The molecule has 1 unspecified atom stereocenters. The average molecular weight is 393 g/mol. The van der Waals surface area contributed by atoms with Gasteiger partial charge < -0.3 is 9.67 Å². The number of hydrogen-bond acceptors (Lipinski definition) is 6. The number of nitriles is 1. The van der Waals surface area contributed by atoms with E-state index in [0.717, 1.165) is 26.4 Å². The van der Waals surface area contributed by atoms with Crippen LogP contribution in [0.2, 0.25) is 0 Å². The van der Waals surface area contributed by atoms with Crippen LogP contribution in [-0.4, -0.2) is 24.9 Å².